The summed E-state index contributed by atoms with van der Waals surface area (Å²) in [5, 5.41) is 2.49. The topological polar surface area (TPSA) is 75.4 Å². The average Bonchev–Trinajstić information content (AvgIpc) is 2.53. The van der Waals surface area contributed by atoms with E-state index in [1.165, 1.54) is 0 Å². The van der Waals surface area contributed by atoms with Crippen molar-refractivity contribution in [2.75, 3.05) is 19.6 Å². The van der Waals surface area contributed by atoms with Gasteiger partial charge in [0.1, 0.15) is 0 Å². The van der Waals surface area contributed by atoms with E-state index in [0.717, 1.165) is 12.8 Å². The Morgan fingerprint density at radius 3 is 2.60 bits per heavy atom. The van der Waals surface area contributed by atoms with Crippen molar-refractivity contribution in [1.29, 1.82) is 0 Å². The van der Waals surface area contributed by atoms with E-state index in [-0.39, 0.29) is 5.54 Å². The largest absolute Gasteiger partial charge is 0.347 e. The Kier molecular flexibility index (Phi) is 3.68. The molecule has 5 nitrogen and oxygen atoms in total. The number of hydrogen-bond acceptors (Lipinski definition) is 3. The summed E-state index contributed by atoms with van der Waals surface area (Å²) < 4.78 is 0. The van der Waals surface area contributed by atoms with Gasteiger partial charge in [0.25, 0.3) is 0 Å². The van der Waals surface area contributed by atoms with Crippen molar-refractivity contribution < 1.29 is 9.59 Å². The van der Waals surface area contributed by atoms with E-state index < -0.39 is 11.8 Å². The lowest BCUT2D eigenvalue weighted by atomic mass is 10.0. The Morgan fingerprint density at radius 1 is 1.47 bits per heavy atom. The predicted molar refractivity (Wildman–Crippen MR) is 57.1 cm³/mol. The zero-order valence-corrected chi connectivity index (χ0v) is 9.38. The van der Waals surface area contributed by atoms with Crippen LogP contribution in [0.4, 0.5) is 0 Å². The first-order chi connectivity index (χ1) is 6.99. The molecule has 0 bridgehead atoms. The summed E-state index contributed by atoms with van der Waals surface area (Å²) in [6, 6.07) is 0. The third kappa shape index (κ3) is 2.68. The molecule has 1 aliphatic heterocycles. The number of carbonyl (C=O) groups is 2. The molecule has 0 aliphatic carbocycles. The van der Waals surface area contributed by atoms with Crippen LogP contribution in [0.25, 0.3) is 0 Å². The monoisotopic (exact) mass is 213 g/mol. The third-order valence-corrected chi connectivity index (χ3v) is 2.77. The van der Waals surface area contributed by atoms with Crippen molar-refractivity contribution in [2.45, 2.75) is 32.2 Å². The molecule has 0 saturated carbocycles. The van der Waals surface area contributed by atoms with Gasteiger partial charge in [0.2, 0.25) is 0 Å². The summed E-state index contributed by atoms with van der Waals surface area (Å²) in [5.74, 6) is -0.985. The van der Waals surface area contributed by atoms with Gasteiger partial charge < -0.3 is 16.0 Å². The summed E-state index contributed by atoms with van der Waals surface area (Å²) in [6.45, 7) is 5.32. The Labute approximate surface area is 90.0 Å². The van der Waals surface area contributed by atoms with E-state index in [1.54, 1.807) is 4.90 Å². The van der Waals surface area contributed by atoms with Crippen LogP contribution in [0.15, 0.2) is 0 Å². The van der Waals surface area contributed by atoms with E-state index in [2.05, 4.69) is 5.32 Å². The first-order valence-corrected chi connectivity index (χ1v) is 5.29. The maximum absolute atomic E-state index is 11.7. The van der Waals surface area contributed by atoms with Crippen LogP contribution in [0.2, 0.25) is 0 Å². The highest BCUT2D eigenvalue weighted by Gasteiger charge is 2.37. The lowest BCUT2D eigenvalue weighted by Gasteiger charge is -2.30. The molecule has 3 N–H and O–H groups in total. The van der Waals surface area contributed by atoms with Crippen LogP contribution in [0.5, 0.6) is 0 Å². The molecular weight excluding hydrogens is 194 g/mol. The number of likely N-dealkylation sites (tertiary alicyclic amines) is 1. The van der Waals surface area contributed by atoms with Crippen LogP contribution in [0.3, 0.4) is 0 Å². The highest BCUT2D eigenvalue weighted by Crippen LogP contribution is 2.27. The Hall–Kier alpha value is -1.10. The molecule has 5 heteroatoms. The fourth-order valence-electron chi connectivity index (χ4n) is 1.87. The summed E-state index contributed by atoms with van der Waals surface area (Å²) in [6.07, 6.45) is 1.91. The Balaban J connectivity index is 2.56. The number of hydrogen-bond donors (Lipinski definition) is 2. The van der Waals surface area contributed by atoms with Gasteiger partial charge in [-0.3, -0.25) is 9.59 Å². The summed E-state index contributed by atoms with van der Waals surface area (Å²) in [4.78, 5) is 24.8. The van der Waals surface area contributed by atoms with Gasteiger partial charge in [0.15, 0.2) is 0 Å². The summed E-state index contributed by atoms with van der Waals surface area (Å²) >= 11 is 0. The van der Waals surface area contributed by atoms with Crippen LogP contribution in [-0.4, -0.2) is 41.9 Å². The number of nitrogens with zero attached hydrogens (tertiary/aromatic N) is 1. The second-order valence-corrected chi connectivity index (χ2v) is 4.42. The lowest BCUT2D eigenvalue weighted by Crippen LogP contribution is -2.50. The van der Waals surface area contributed by atoms with Crippen molar-refractivity contribution in [3.63, 3.8) is 0 Å². The second kappa shape index (κ2) is 4.61. The standard InChI is InChI=1S/C10H19N3O2/c1-10(2)4-3-7-13(10)9(15)8(14)12-6-5-11/h3-7,11H2,1-2H3,(H,12,14). The molecule has 86 valence electrons. The Morgan fingerprint density at radius 2 is 2.13 bits per heavy atom. The highest BCUT2D eigenvalue weighted by atomic mass is 16.2. The van der Waals surface area contributed by atoms with E-state index in [4.69, 9.17) is 5.73 Å². The van der Waals surface area contributed by atoms with Gasteiger partial charge in [-0.25, -0.2) is 0 Å². The summed E-state index contributed by atoms with van der Waals surface area (Å²) in [5.41, 5.74) is 5.05. The predicted octanol–water partition coefficient (Wildman–Crippen LogP) is -0.538. The quantitative estimate of drug-likeness (QED) is 0.605. The smallest absolute Gasteiger partial charge is 0.312 e. The SMILES string of the molecule is CC1(C)CCCN1C(=O)C(=O)NCCN. The normalized spacial score (nSPS) is 19.0. The number of nitrogens with two attached hydrogens (primary N) is 1. The molecule has 1 aliphatic rings. The molecule has 1 saturated heterocycles. The second-order valence-electron chi connectivity index (χ2n) is 4.42. The summed E-state index contributed by atoms with van der Waals surface area (Å²) in [7, 11) is 0. The maximum atomic E-state index is 11.7. The van der Waals surface area contributed by atoms with Gasteiger partial charge in [-0.15, -0.1) is 0 Å². The van der Waals surface area contributed by atoms with Crippen LogP contribution < -0.4 is 11.1 Å². The molecule has 0 aromatic rings. The van der Waals surface area contributed by atoms with Gasteiger partial charge >= 0.3 is 11.8 Å². The highest BCUT2D eigenvalue weighted by molar-refractivity contribution is 6.35. The van der Waals surface area contributed by atoms with Crippen molar-refractivity contribution >= 4 is 11.8 Å². The fourth-order valence-corrected chi connectivity index (χ4v) is 1.87. The molecule has 2 amide bonds. The van der Waals surface area contributed by atoms with Crippen molar-refractivity contribution in [3.05, 3.63) is 0 Å². The number of carbonyl (C=O) groups excluding carboxylic acids is 2. The molecule has 15 heavy (non-hydrogen) atoms. The van der Waals surface area contributed by atoms with Gasteiger partial charge in [0, 0.05) is 25.2 Å². The Bertz CT molecular complexity index is 263. The molecule has 0 radical (unpaired) electrons. The van der Waals surface area contributed by atoms with Crippen molar-refractivity contribution in [2.24, 2.45) is 5.73 Å². The minimum Gasteiger partial charge on any atom is -0.347 e. The number of nitrogens with one attached hydrogen (secondary N) is 1. The van der Waals surface area contributed by atoms with Crippen molar-refractivity contribution in [3.8, 4) is 0 Å². The minimum absolute atomic E-state index is 0.197. The van der Waals surface area contributed by atoms with Gasteiger partial charge in [-0.2, -0.15) is 0 Å². The number of amides is 2. The zero-order valence-electron chi connectivity index (χ0n) is 9.38. The average molecular weight is 213 g/mol. The first-order valence-electron chi connectivity index (χ1n) is 5.29. The molecular formula is C10H19N3O2. The van der Waals surface area contributed by atoms with Crippen molar-refractivity contribution in [1.82, 2.24) is 10.2 Å². The molecule has 0 atom stereocenters. The molecule has 0 aromatic carbocycles. The van der Waals surface area contributed by atoms with Crippen LogP contribution >= 0.6 is 0 Å². The first kappa shape index (κ1) is 12.0. The third-order valence-electron chi connectivity index (χ3n) is 2.77. The van der Waals surface area contributed by atoms with Crippen LogP contribution in [-0.2, 0) is 9.59 Å². The molecule has 1 fully saturated rings. The zero-order chi connectivity index (χ0) is 11.5. The van der Waals surface area contributed by atoms with Crippen LogP contribution in [0, 0.1) is 0 Å². The lowest BCUT2D eigenvalue weighted by molar-refractivity contribution is -0.148. The molecule has 0 spiro atoms. The molecule has 1 rings (SSSR count). The molecule has 0 aromatic heterocycles. The van der Waals surface area contributed by atoms with E-state index in [0.29, 0.717) is 19.6 Å². The molecule has 0 unspecified atom stereocenters. The fraction of sp³-hybridized carbons (Fsp3) is 0.800. The van der Waals surface area contributed by atoms with E-state index >= 15 is 0 Å². The van der Waals surface area contributed by atoms with Gasteiger partial charge in [-0.1, -0.05) is 0 Å². The number of rotatable bonds is 2. The van der Waals surface area contributed by atoms with Crippen LogP contribution in [0.1, 0.15) is 26.7 Å². The van der Waals surface area contributed by atoms with E-state index in [1.807, 2.05) is 13.8 Å². The van der Waals surface area contributed by atoms with Gasteiger partial charge in [-0.05, 0) is 26.7 Å². The maximum Gasteiger partial charge on any atom is 0.312 e. The van der Waals surface area contributed by atoms with Gasteiger partial charge in [0.05, 0.1) is 0 Å². The minimum atomic E-state index is -0.546. The van der Waals surface area contributed by atoms with E-state index in [9.17, 15) is 9.59 Å². The molecule has 1 heterocycles.